The van der Waals surface area contributed by atoms with Crippen LogP contribution in [-0.2, 0) is 11.3 Å². The molecule has 1 heterocycles. The maximum absolute atomic E-state index is 12.5. The highest BCUT2D eigenvalue weighted by molar-refractivity contribution is 5.85. The zero-order valence-electron chi connectivity index (χ0n) is 12.7. The molecule has 0 unspecified atom stereocenters. The van der Waals surface area contributed by atoms with E-state index in [0.717, 1.165) is 26.2 Å². The van der Waals surface area contributed by atoms with Gasteiger partial charge in [-0.15, -0.1) is 0 Å². The van der Waals surface area contributed by atoms with Gasteiger partial charge in [0.25, 0.3) is 0 Å². The number of carbonyl (C=O) groups excluding carboxylic acids is 1. The molecule has 0 bridgehead atoms. The summed E-state index contributed by atoms with van der Waals surface area (Å²) in [5.74, 6) is 0.0997. The van der Waals surface area contributed by atoms with Crippen molar-refractivity contribution in [3.05, 3.63) is 35.4 Å². The predicted molar refractivity (Wildman–Crippen MR) is 81.5 cm³/mol. The fourth-order valence-electron chi connectivity index (χ4n) is 2.57. The average Bonchev–Trinajstić information content (AvgIpc) is 2.47. The molecule has 1 amide bonds. The third-order valence-electron chi connectivity index (χ3n) is 4.16. The number of piperazine rings is 1. The first-order valence-corrected chi connectivity index (χ1v) is 7.30. The molecule has 2 N–H and O–H groups in total. The Balaban J connectivity index is 1.95. The number of rotatable bonds is 4. The molecular weight excluding hydrogens is 250 g/mol. The summed E-state index contributed by atoms with van der Waals surface area (Å²) in [4.78, 5) is 14.7. The maximum Gasteiger partial charge on any atom is 0.240 e. The van der Waals surface area contributed by atoms with Gasteiger partial charge < -0.3 is 10.6 Å². The first-order chi connectivity index (χ1) is 9.51. The number of hydrogen-bond acceptors (Lipinski definition) is 3. The summed E-state index contributed by atoms with van der Waals surface area (Å²) in [6.45, 7) is 10.4. The van der Waals surface area contributed by atoms with Gasteiger partial charge in [-0.3, -0.25) is 9.69 Å². The van der Waals surface area contributed by atoms with Crippen molar-refractivity contribution >= 4 is 5.91 Å². The zero-order chi connectivity index (χ0) is 14.6. The van der Waals surface area contributed by atoms with E-state index in [9.17, 15) is 4.79 Å². The summed E-state index contributed by atoms with van der Waals surface area (Å²) in [5, 5.41) is 6.39. The Kier molecular flexibility index (Phi) is 4.78. The number of nitrogens with one attached hydrogen (secondary N) is 2. The minimum absolute atomic E-state index is 0.0997. The molecule has 4 heteroatoms. The van der Waals surface area contributed by atoms with Crippen LogP contribution in [0.5, 0.6) is 0 Å². The first kappa shape index (κ1) is 15.0. The van der Waals surface area contributed by atoms with E-state index in [1.54, 1.807) is 0 Å². The molecule has 0 aromatic heterocycles. The molecule has 0 aliphatic carbocycles. The highest BCUT2D eigenvalue weighted by Crippen LogP contribution is 2.16. The lowest BCUT2D eigenvalue weighted by molar-refractivity contribution is -0.132. The maximum atomic E-state index is 12.5. The summed E-state index contributed by atoms with van der Waals surface area (Å²) < 4.78 is 0. The van der Waals surface area contributed by atoms with Crippen LogP contribution in [0.2, 0.25) is 0 Å². The van der Waals surface area contributed by atoms with E-state index < -0.39 is 5.54 Å². The molecule has 2 rings (SSSR count). The van der Waals surface area contributed by atoms with Crippen molar-refractivity contribution in [1.29, 1.82) is 0 Å². The minimum atomic E-state index is -0.454. The monoisotopic (exact) mass is 275 g/mol. The zero-order valence-corrected chi connectivity index (χ0v) is 12.7. The third kappa shape index (κ3) is 3.38. The van der Waals surface area contributed by atoms with E-state index >= 15 is 0 Å². The Bertz CT molecular complexity index is 465. The molecule has 1 aliphatic heterocycles. The summed E-state index contributed by atoms with van der Waals surface area (Å²) in [6, 6.07) is 8.16. The van der Waals surface area contributed by atoms with Crippen LogP contribution < -0.4 is 10.6 Å². The Labute approximate surface area is 121 Å². The van der Waals surface area contributed by atoms with Crippen LogP contribution in [0.25, 0.3) is 0 Å². The summed E-state index contributed by atoms with van der Waals surface area (Å²) in [6.07, 6.45) is 0. The molecule has 1 fully saturated rings. The Hall–Kier alpha value is -1.39. The number of benzene rings is 1. The molecule has 0 saturated carbocycles. The molecule has 1 aliphatic rings. The van der Waals surface area contributed by atoms with Crippen molar-refractivity contribution < 1.29 is 4.79 Å². The Morgan fingerprint density at radius 1 is 1.30 bits per heavy atom. The van der Waals surface area contributed by atoms with Crippen molar-refractivity contribution in [3.8, 4) is 0 Å². The fourth-order valence-corrected chi connectivity index (χ4v) is 2.57. The van der Waals surface area contributed by atoms with E-state index in [0.29, 0.717) is 6.54 Å². The van der Waals surface area contributed by atoms with Gasteiger partial charge in [-0.05, 0) is 31.9 Å². The second kappa shape index (κ2) is 6.37. The van der Waals surface area contributed by atoms with Gasteiger partial charge in [-0.2, -0.15) is 0 Å². The van der Waals surface area contributed by atoms with Crippen molar-refractivity contribution in [2.75, 3.05) is 26.2 Å². The summed E-state index contributed by atoms with van der Waals surface area (Å²) in [7, 11) is 0. The minimum Gasteiger partial charge on any atom is -0.350 e. The van der Waals surface area contributed by atoms with E-state index in [-0.39, 0.29) is 5.91 Å². The van der Waals surface area contributed by atoms with Crippen LogP contribution in [0.3, 0.4) is 0 Å². The molecule has 1 aromatic carbocycles. The van der Waals surface area contributed by atoms with Gasteiger partial charge in [0.15, 0.2) is 0 Å². The highest BCUT2D eigenvalue weighted by Gasteiger charge is 2.34. The van der Waals surface area contributed by atoms with E-state index in [2.05, 4.69) is 34.6 Å². The smallest absolute Gasteiger partial charge is 0.240 e. The van der Waals surface area contributed by atoms with Gasteiger partial charge in [0, 0.05) is 32.7 Å². The van der Waals surface area contributed by atoms with Gasteiger partial charge >= 0.3 is 0 Å². The molecule has 0 spiro atoms. The molecule has 1 aromatic rings. The van der Waals surface area contributed by atoms with Crippen LogP contribution in [0.4, 0.5) is 0 Å². The van der Waals surface area contributed by atoms with Crippen molar-refractivity contribution in [2.45, 2.75) is 32.9 Å². The largest absolute Gasteiger partial charge is 0.350 e. The number of carbonyl (C=O) groups is 1. The normalized spacial score (nSPS) is 16.9. The van der Waals surface area contributed by atoms with Gasteiger partial charge in [0.1, 0.15) is 0 Å². The average molecular weight is 275 g/mol. The van der Waals surface area contributed by atoms with E-state index in [4.69, 9.17) is 0 Å². The van der Waals surface area contributed by atoms with Crippen molar-refractivity contribution in [1.82, 2.24) is 15.5 Å². The molecule has 110 valence electrons. The number of aryl methyl sites for hydroxylation is 1. The third-order valence-corrected chi connectivity index (χ3v) is 4.16. The fraction of sp³-hybridized carbons (Fsp3) is 0.562. The van der Waals surface area contributed by atoms with Crippen LogP contribution in [0.15, 0.2) is 24.3 Å². The number of amides is 1. The van der Waals surface area contributed by atoms with Gasteiger partial charge in [-0.25, -0.2) is 0 Å². The highest BCUT2D eigenvalue weighted by atomic mass is 16.2. The summed E-state index contributed by atoms with van der Waals surface area (Å²) in [5.41, 5.74) is 1.94. The molecule has 4 nitrogen and oxygen atoms in total. The van der Waals surface area contributed by atoms with Crippen LogP contribution in [0.1, 0.15) is 25.0 Å². The van der Waals surface area contributed by atoms with Crippen molar-refractivity contribution in [2.24, 2.45) is 0 Å². The molecular formula is C16H25N3O. The molecule has 0 radical (unpaired) electrons. The van der Waals surface area contributed by atoms with Crippen LogP contribution in [-0.4, -0.2) is 42.5 Å². The standard InChI is InChI=1S/C16H25N3O/c1-13-6-4-5-7-14(13)12-18-15(20)16(2,3)19-10-8-17-9-11-19/h4-7,17H,8-12H2,1-3H3,(H,18,20). The first-order valence-electron chi connectivity index (χ1n) is 7.30. The lowest BCUT2D eigenvalue weighted by Gasteiger charge is -2.39. The van der Waals surface area contributed by atoms with Crippen LogP contribution >= 0.6 is 0 Å². The van der Waals surface area contributed by atoms with E-state index in [1.165, 1.54) is 11.1 Å². The summed E-state index contributed by atoms with van der Waals surface area (Å²) >= 11 is 0. The van der Waals surface area contributed by atoms with Gasteiger partial charge in [-0.1, -0.05) is 24.3 Å². The number of hydrogen-bond donors (Lipinski definition) is 2. The van der Waals surface area contributed by atoms with Crippen LogP contribution in [0, 0.1) is 6.92 Å². The predicted octanol–water partition coefficient (Wildman–Crippen LogP) is 1.30. The quantitative estimate of drug-likeness (QED) is 0.870. The second-order valence-corrected chi connectivity index (χ2v) is 5.91. The molecule has 20 heavy (non-hydrogen) atoms. The van der Waals surface area contributed by atoms with E-state index in [1.807, 2.05) is 26.0 Å². The second-order valence-electron chi connectivity index (χ2n) is 5.91. The van der Waals surface area contributed by atoms with Gasteiger partial charge in [0.05, 0.1) is 5.54 Å². The SMILES string of the molecule is Cc1ccccc1CNC(=O)C(C)(C)N1CCNCC1. The number of nitrogens with zero attached hydrogens (tertiary/aromatic N) is 1. The lowest BCUT2D eigenvalue weighted by Crippen LogP contribution is -2.59. The Morgan fingerprint density at radius 2 is 1.95 bits per heavy atom. The van der Waals surface area contributed by atoms with Crippen molar-refractivity contribution in [3.63, 3.8) is 0 Å². The molecule has 0 atom stereocenters. The van der Waals surface area contributed by atoms with Gasteiger partial charge in [0.2, 0.25) is 5.91 Å². The molecule has 1 saturated heterocycles. The lowest BCUT2D eigenvalue weighted by atomic mass is 10.00. The topological polar surface area (TPSA) is 44.4 Å². The Morgan fingerprint density at radius 3 is 2.60 bits per heavy atom.